The van der Waals surface area contributed by atoms with E-state index in [0.29, 0.717) is 45.9 Å². The molecule has 0 bridgehead atoms. The molecule has 0 amide bonds. The average molecular weight is 325 g/mol. The molecule has 1 unspecified atom stereocenters. The number of fused-ring (bicyclic) bond motifs is 1. The molecule has 0 saturated heterocycles. The van der Waals surface area contributed by atoms with E-state index >= 15 is 0 Å². The first-order valence-corrected chi connectivity index (χ1v) is 7.44. The molecule has 21 heavy (non-hydrogen) atoms. The van der Waals surface area contributed by atoms with Gasteiger partial charge in [-0.15, -0.1) is 0 Å². The molecule has 0 saturated carbocycles. The van der Waals surface area contributed by atoms with Gasteiger partial charge < -0.3 is 14.6 Å². The molecule has 2 aromatic rings. The van der Waals surface area contributed by atoms with Crippen LogP contribution in [0.1, 0.15) is 23.7 Å². The van der Waals surface area contributed by atoms with Crippen LogP contribution in [0, 0.1) is 0 Å². The molecule has 5 heteroatoms. The van der Waals surface area contributed by atoms with Gasteiger partial charge in [0.1, 0.15) is 6.10 Å². The van der Waals surface area contributed by atoms with Gasteiger partial charge in [-0.3, -0.25) is 0 Å². The Morgan fingerprint density at radius 2 is 1.57 bits per heavy atom. The third-order valence-corrected chi connectivity index (χ3v) is 4.03. The number of aliphatic hydroxyl groups is 1. The number of rotatable bonds is 2. The van der Waals surface area contributed by atoms with Crippen LogP contribution in [0.5, 0.6) is 11.5 Å². The second-order valence-corrected chi connectivity index (χ2v) is 5.61. The van der Waals surface area contributed by atoms with Gasteiger partial charge in [0, 0.05) is 28.6 Å². The minimum absolute atomic E-state index is 0.423. The molecule has 1 atom stereocenters. The molecule has 110 valence electrons. The summed E-state index contributed by atoms with van der Waals surface area (Å²) in [5.74, 6) is 1.20. The van der Waals surface area contributed by atoms with Gasteiger partial charge in [-0.05, 0) is 12.1 Å². The first kappa shape index (κ1) is 14.5. The van der Waals surface area contributed by atoms with Crippen LogP contribution in [-0.4, -0.2) is 18.3 Å². The van der Waals surface area contributed by atoms with E-state index in [1.807, 2.05) is 12.1 Å². The Hall–Kier alpha value is -1.42. The van der Waals surface area contributed by atoms with Crippen molar-refractivity contribution in [2.24, 2.45) is 0 Å². The van der Waals surface area contributed by atoms with Crippen LogP contribution < -0.4 is 9.47 Å². The zero-order chi connectivity index (χ0) is 14.8. The van der Waals surface area contributed by atoms with Crippen molar-refractivity contribution >= 4 is 23.2 Å². The minimum Gasteiger partial charge on any atom is -0.490 e. The van der Waals surface area contributed by atoms with Gasteiger partial charge in [0.25, 0.3) is 0 Å². The standard InChI is InChI=1S/C16H14Cl2O3/c17-12-5-2-1-4-10(12)16(19)11-8-14-15(9-13(11)18)21-7-3-6-20-14/h1-2,4-5,8-9,16,19H,3,6-7H2. The molecule has 3 nitrogen and oxygen atoms in total. The van der Waals surface area contributed by atoms with Crippen LogP contribution in [0.15, 0.2) is 36.4 Å². The van der Waals surface area contributed by atoms with E-state index < -0.39 is 6.10 Å². The van der Waals surface area contributed by atoms with Crippen molar-refractivity contribution in [2.75, 3.05) is 13.2 Å². The second-order valence-electron chi connectivity index (χ2n) is 4.79. The number of hydrogen-bond acceptors (Lipinski definition) is 3. The highest BCUT2D eigenvalue weighted by Crippen LogP contribution is 2.40. The van der Waals surface area contributed by atoms with Crippen LogP contribution in [0.3, 0.4) is 0 Å². The Balaban J connectivity index is 2.02. The van der Waals surface area contributed by atoms with Crippen molar-refractivity contribution in [3.05, 3.63) is 57.6 Å². The molecule has 0 radical (unpaired) electrons. The number of halogens is 2. The first-order valence-electron chi connectivity index (χ1n) is 6.68. The van der Waals surface area contributed by atoms with Crippen LogP contribution >= 0.6 is 23.2 Å². The molecule has 3 rings (SSSR count). The molecule has 0 spiro atoms. The fourth-order valence-corrected chi connectivity index (χ4v) is 2.77. The Morgan fingerprint density at radius 1 is 0.905 bits per heavy atom. The van der Waals surface area contributed by atoms with Crippen molar-refractivity contribution in [1.82, 2.24) is 0 Å². The highest BCUT2D eigenvalue weighted by Gasteiger charge is 2.21. The van der Waals surface area contributed by atoms with Gasteiger partial charge in [0.15, 0.2) is 11.5 Å². The molecule has 0 aliphatic carbocycles. The smallest absolute Gasteiger partial charge is 0.162 e. The van der Waals surface area contributed by atoms with Gasteiger partial charge in [0.2, 0.25) is 0 Å². The Labute approximate surface area is 133 Å². The highest BCUT2D eigenvalue weighted by atomic mass is 35.5. The van der Waals surface area contributed by atoms with Crippen molar-refractivity contribution in [3.8, 4) is 11.5 Å². The minimum atomic E-state index is -0.914. The fraction of sp³-hybridized carbons (Fsp3) is 0.250. The van der Waals surface area contributed by atoms with E-state index in [-0.39, 0.29) is 0 Å². The van der Waals surface area contributed by atoms with E-state index in [2.05, 4.69) is 0 Å². The summed E-state index contributed by atoms with van der Waals surface area (Å²) in [4.78, 5) is 0. The quantitative estimate of drug-likeness (QED) is 0.898. The van der Waals surface area contributed by atoms with E-state index in [0.717, 1.165) is 6.42 Å². The lowest BCUT2D eigenvalue weighted by Gasteiger charge is -2.17. The SMILES string of the molecule is OC(c1ccccc1Cl)c1cc2c(cc1Cl)OCCCO2. The normalized spacial score (nSPS) is 15.4. The summed E-state index contributed by atoms with van der Waals surface area (Å²) in [5.41, 5.74) is 1.16. The molecular weight excluding hydrogens is 311 g/mol. The van der Waals surface area contributed by atoms with Crippen molar-refractivity contribution in [1.29, 1.82) is 0 Å². The number of benzene rings is 2. The molecule has 1 aliphatic heterocycles. The summed E-state index contributed by atoms with van der Waals surface area (Å²) in [6.45, 7) is 1.17. The predicted octanol–water partition coefficient (Wildman–Crippen LogP) is 4.24. The number of aliphatic hydroxyl groups excluding tert-OH is 1. The number of ether oxygens (including phenoxy) is 2. The monoisotopic (exact) mass is 324 g/mol. The molecular formula is C16H14Cl2O3. The van der Waals surface area contributed by atoms with Crippen LogP contribution in [0.2, 0.25) is 10.0 Å². The lowest BCUT2D eigenvalue weighted by molar-refractivity contribution is 0.219. The third-order valence-electron chi connectivity index (χ3n) is 3.36. The van der Waals surface area contributed by atoms with Gasteiger partial charge in [-0.2, -0.15) is 0 Å². The maximum Gasteiger partial charge on any atom is 0.162 e. The van der Waals surface area contributed by atoms with Gasteiger partial charge in [-0.25, -0.2) is 0 Å². The van der Waals surface area contributed by atoms with Crippen molar-refractivity contribution < 1.29 is 14.6 Å². The van der Waals surface area contributed by atoms with E-state index in [1.165, 1.54) is 0 Å². The predicted molar refractivity (Wildman–Crippen MR) is 82.6 cm³/mol. The zero-order valence-corrected chi connectivity index (χ0v) is 12.7. The van der Waals surface area contributed by atoms with Gasteiger partial charge >= 0.3 is 0 Å². The summed E-state index contributed by atoms with van der Waals surface area (Å²) in [5, 5.41) is 11.5. The summed E-state index contributed by atoms with van der Waals surface area (Å²) in [6, 6.07) is 10.5. The second kappa shape index (κ2) is 6.14. The summed E-state index contributed by atoms with van der Waals surface area (Å²) >= 11 is 12.4. The summed E-state index contributed by atoms with van der Waals surface area (Å²) in [7, 11) is 0. The molecule has 2 aromatic carbocycles. The van der Waals surface area contributed by atoms with E-state index in [9.17, 15) is 5.11 Å². The zero-order valence-electron chi connectivity index (χ0n) is 11.2. The van der Waals surface area contributed by atoms with Gasteiger partial charge in [-0.1, -0.05) is 41.4 Å². The highest BCUT2D eigenvalue weighted by molar-refractivity contribution is 6.32. The average Bonchev–Trinajstić information content (AvgIpc) is 2.71. The maximum atomic E-state index is 10.6. The third kappa shape index (κ3) is 2.95. The van der Waals surface area contributed by atoms with Gasteiger partial charge in [0.05, 0.1) is 18.2 Å². The largest absolute Gasteiger partial charge is 0.490 e. The first-order chi connectivity index (χ1) is 10.2. The topological polar surface area (TPSA) is 38.7 Å². The Kier molecular flexibility index (Phi) is 4.24. The molecule has 0 fully saturated rings. The Morgan fingerprint density at radius 3 is 2.29 bits per heavy atom. The molecule has 0 aromatic heterocycles. The van der Waals surface area contributed by atoms with Crippen molar-refractivity contribution in [3.63, 3.8) is 0 Å². The summed E-state index contributed by atoms with van der Waals surface area (Å²) < 4.78 is 11.2. The lowest BCUT2D eigenvalue weighted by Crippen LogP contribution is -2.03. The molecule has 1 heterocycles. The van der Waals surface area contributed by atoms with Crippen LogP contribution in [0.25, 0.3) is 0 Å². The van der Waals surface area contributed by atoms with Crippen LogP contribution in [0.4, 0.5) is 0 Å². The Bertz CT molecular complexity index is 658. The van der Waals surface area contributed by atoms with Crippen molar-refractivity contribution in [2.45, 2.75) is 12.5 Å². The van der Waals surface area contributed by atoms with Crippen LogP contribution in [-0.2, 0) is 0 Å². The van der Waals surface area contributed by atoms with E-state index in [4.69, 9.17) is 32.7 Å². The lowest BCUT2D eigenvalue weighted by atomic mass is 10.0. The van der Waals surface area contributed by atoms with E-state index in [1.54, 1.807) is 24.3 Å². The summed E-state index contributed by atoms with van der Waals surface area (Å²) in [6.07, 6.45) is -0.0994. The number of hydrogen-bond donors (Lipinski definition) is 1. The maximum absolute atomic E-state index is 10.6. The molecule has 1 N–H and O–H groups in total. The fourth-order valence-electron chi connectivity index (χ4n) is 2.27. The molecule has 1 aliphatic rings.